The van der Waals surface area contributed by atoms with Crippen molar-refractivity contribution < 1.29 is 9.47 Å². The van der Waals surface area contributed by atoms with Crippen molar-refractivity contribution in [2.45, 2.75) is 37.5 Å². The van der Waals surface area contributed by atoms with Gasteiger partial charge in [0.25, 0.3) is 0 Å². The zero-order valence-corrected chi connectivity index (χ0v) is 8.24. The topological polar surface area (TPSA) is 54.3 Å². The Morgan fingerprint density at radius 1 is 1.29 bits per heavy atom. The van der Waals surface area contributed by atoms with Crippen molar-refractivity contribution in [1.82, 2.24) is 5.32 Å². The Morgan fingerprint density at radius 3 is 2.93 bits per heavy atom. The van der Waals surface area contributed by atoms with Crippen LogP contribution in [0.3, 0.4) is 0 Å². The summed E-state index contributed by atoms with van der Waals surface area (Å²) < 4.78 is 10.7. The van der Waals surface area contributed by atoms with E-state index < -0.39 is 0 Å². The maximum absolute atomic E-state index is 8.89. The molecule has 0 amide bonds. The first-order chi connectivity index (χ1) is 6.90. The summed E-state index contributed by atoms with van der Waals surface area (Å²) in [5.41, 5.74) is 0. The van der Waals surface area contributed by atoms with E-state index in [1.165, 1.54) is 0 Å². The predicted molar refractivity (Wildman–Crippen MR) is 50.7 cm³/mol. The Balaban J connectivity index is 1.84. The highest BCUT2D eigenvalue weighted by Gasteiger charge is 2.28. The molecule has 0 saturated carbocycles. The first-order valence-electron chi connectivity index (χ1n) is 5.25. The van der Waals surface area contributed by atoms with Crippen LogP contribution in [0.5, 0.6) is 0 Å². The lowest BCUT2D eigenvalue weighted by molar-refractivity contribution is 0.0212. The van der Waals surface area contributed by atoms with Crippen LogP contribution in [0.25, 0.3) is 0 Å². The average molecular weight is 196 g/mol. The third-order valence-corrected chi connectivity index (χ3v) is 2.83. The lowest BCUT2D eigenvalue weighted by Crippen LogP contribution is -2.48. The van der Waals surface area contributed by atoms with Crippen LogP contribution in [-0.4, -0.2) is 38.0 Å². The molecule has 2 fully saturated rings. The van der Waals surface area contributed by atoms with Crippen molar-refractivity contribution in [3.8, 4) is 6.07 Å². The number of ether oxygens (including phenoxy) is 2. The van der Waals surface area contributed by atoms with Gasteiger partial charge in [0.05, 0.1) is 12.7 Å². The average Bonchev–Trinajstić information content (AvgIpc) is 2.71. The lowest BCUT2D eigenvalue weighted by atomic mass is 10.0. The van der Waals surface area contributed by atoms with Gasteiger partial charge in [-0.25, -0.2) is 0 Å². The fourth-order valence-electron chi connectivity index (χ4n) is 2.05. The number of hydrogen-bond donors (Lipinski definition) is 1. The van der Waals surface area contributed by atoms with Gasteiger partial charge in [-0.3, -0.25) is 0 Å². The molecule has 0 spiro atoms. The van der Waals surface area contributed by atoms with Gasteiger partial charge in [-0.2, -0.15) is 5.26 Å². The molecule has 2 saturated heterocycles. The Kier molecular flexibility index (Phi) is 3.35. The SMILES string of the molecule is N#CC1OCCCC1NC1CCOC1. The van der Waals surface area contributed by atoms with Crippen molar-refractivity contribution in [2.24, 2.45) is 0 Å². The monoisotopic (exact) mass is 196 g/mol. The Labute approximate surface area is 84.2 Å². The van der Waals surface area contributed by atoms with Crippen LogP contribution in [0.2, 0.25) is 0 Å². The molecule has 2 aliphatic heterocycles. The molecule has 2 aliphatic rings. The summed E-state index contributed by atoms with van der Waals surface area (Å²) in [6.45, 7) is 2.33. The maximum Gasteiger partial charge on any atom is 0.159 e. The molecule has 2 heterocycles. The van der Waals surface area contributed by atoms with E-state index in [0.29, 0.717) is 6.04 Å². The van der Waals surface area contributed by atoms with Crippen LogP contribution in [0.15, 0.2) is 0 Å². The summed E-state index contributed by atoms with van der Waals surface area (Å²) in [6, 6.07) is 2.81. The Morgan fingerprint density at radius 2 is 2.21 bits per heavy atom. The minimum absolute atomic E-state index is 0.195. The summed E-state index contributed by atoms with van der Waals surface area (Å²) in [7, 11) is 0. The fraction of sp³-hybridized carbons (Fsp3) is 0.900. The fourth-order valence-corrected chi connectivity index (χ4v) is 2.05. The van der Waals surface area contributed by atoms with Crippen molar-refractivity contribution in [2.75, 3.05) is 19.8 Å². The molecule has 4 heteroatoms. The molecule has 0 aromatic heterocycles. The second-order valence-electron chi connectivity index (χ2n) is 3.90. The van der Waals surface area contributed by atoms with Crippen LogP contribution >= 0.6 is 0 Å². The second kappa shape index (κ2) is 4.74. The van der Waals surface area contributed by atoms with E-state index in [1.807, 2.05) is 0 Å². The van der Waals surface area contributed by atoms with E-state index in [0.717, 1.165) is 39.1 Å². The van der Waals surface area contributed by atoms with Crippen LogP contribution < -0.4 is 5.32 Å². The van der Waals surface area contributed by atoms with Crippen LogP contribution in [-0.2, 0) is 9.47 Å². The van der Waals surface area contributed by atoms with Crippen molar-refractivity contribution in [3.05, 3.63) is 0 Å². The first kappa shape index (κ1) is 9.91. The van der Waals surface area contributed by atoms with Gasteiger partial charge in [-0.1, -0.05) is 0 Å². The van der Waals surface area contributed by atoms with E-state index in [1.54, 1.807) is 0 Å². The maximum atomic E-state index is 8.89. The van der Waals surface area contributed by atoms with Gasteiger partial charge < -0.3 is 14.8 Å². The van der Waals surface area contributed by atoms with Crippen LogP contribution in [0.4, 0.5) is 0 Å². The highest BCUT2D eigenvalue weighted by molar-refractivity contribution is 4.97. The van der Waals surface area contributed by atoms with E-state index in [2.05, 4.69) is 11.4 Å². The molecule has 0 bridgehead atoms. The van der Waals surface area contributed by atoms with Crippen LogP contribution in [0, 0.1) is 11.3 Å². The largest absolute Gasteiger partial charge is 0.380 e. The number of nitrogens with zero attached hydrogens (tertiary/aromatic N) is 1. The number of nitrogens with one attached hydrogen (secondary N) is 1. The van der Waals surface area contributed by atoms with Gasteiger partial charge in [0, 0.05) is 25.3 Å². The molecule has 14 heavy (non-hydrogen) atoms. The van der Waals surface area contributed by atoms with Gasteiger partial charge in [0.2, 0.25) is 0 Å². The number of nitriles is 1. The van der Waals surface area contributed by atoms with Gasteiger partial charge in [-0.15, -0.1) is 0 Å². The molecule has 2 rings (SSSR count). The van der Waals surface area contributed by atoms with Gasteiger partial charge >= 0.3 is 0 Å². The quantitative estimate of drug-likeness (QED) is 0.696. The van der Waals surface area contributed by atoms with Crippen molar-refractivity contribution in [1.29, 1.82) is 5.26 Å². The molecule has 0 aliphatic carbocycles. The number of rotatable bonds is 2. The standard InChI is InChI=1S/C10H16N2O2/c11-6-10-9(2-1-4-14-10)12-8-3-5-13-7-8/h8-10,12H,1-5,7H2. The molecule has 1 N–H and O–H groups in total. The predicted octanol–water partition coefficient (Wildman–Crippen LogP) is 0.436. The molecule has 78 valence electrons. The molecule has 0 aromatic carbocycles. The summed E-state index contributed by atoms with van der Waals surface area (Å²) in [6.07, 6.45) is 2.86. The zero-order chi connectivity index (χ0) is 9.80. The Hall–Kier alpha value is -0.630. The van der Waals surface area contributed by atoms with E-state index in [9.17, 15) is 0 Å². The third kappa shape index (κ3) is 2.24. The van der Waals surface area contributed by atoms with Crippen LogP contribution in [0.1, 0.15) is 19.3 Å². The molecule has 4 nitrogen and oxygen atoms in total. The highest BCUT2D eigenvalue weighted by atomic mass is 16.5. The zero-order valence-electron chi connectivity index (χ0n) is 8.24. The lowest BCUT2D eigenvalue weighted by Gasteiger charge is -2.29. The van der Waals surface area contributed by atoms with Gasteiger partial charge in [0.1, 0.15) is 0 Å². The minimum atomic E-state index is -0.274. The summed E-state index contributed by atoms with van der Waals surface area (Å²) in [4.78, 5) is 0. The smallest absolute Gasteiger partial charge is 0.159 e. The number of hydrogen-bond acceptors (Lipinski definition) is 4. The van der Waals surface area contributed by atoms with E-state index in [-0.39, 0.29) is 12.1 Å². The summed E-state index contributed by atoms with van der Waals surface area (Å²) in [5, 5.41) is 12.3. The normalized spacial score (nSPS) is 38.1. The Bertz CT molecular complexity index is 221. The van der Waals surface area contributed by atoms with Gasteiger partial charge in [0.15, 0.2) is 6.10 Å². The summed E-state index contributed by atoms with van der Waals surface area (Å²) >= 11 is 0. The van der Waals surface area contributed by atoms with E-state index in [4.69, 9.17) is 14.7 Å². The molecular formula is C10H16N2O2. The minimum Gasteiger partial charge on any atom is -0.380 e. The van der Waals surface area contributed by atoms with E-state index >= 15 is 0 Å². The van der Waals surface area contributed by atoms with Gasteiger partial charge in [-0.05, 0) is 19.3 Å². The van der Waals surface area contributed by atoms with Crippen molar-refractivity contribution >= 4 is 0 Å². The first-order valence-corrected chi connectivity index (χ1v) is 5.25. The molecule has 0 aromatic rings. The molecule has 3 atom stereocenters. The highest BCUT2D eigenvalue weighted by Crippen LogP contribution is 2.15. The molecular weight excluding hydrogens is 180 g/mol. The molecule has 0 radical (unpaired) electrons. The third-order valence-electron chi connectivity index (χ3n) is 2.83. The van der Waals surface area contributed by atoms with Crippen molar-refractivity contribution in [3.63, 3.8) is 0 Å². The molecule has 3 unspecified atom stereocenters. The second-order valence-corrected chi connectivity index (χ2v) is 3.90. The summed E-state index contributed by atoms with van der Waals surface area (Å²) in [5.74, 6) is 0.